The van der Waals surface area contributed by atoms with Crippen LogP contribution in [-0.2, 0) is 9.53 Å². The topological polar surface area (TPSA) is 87.7 Å². The second kappa shape index (κ2) is 9.33. The Morgan fingerprint density at radius 2 is 2.25 bits per heavy atom. The van der Waals surface area contributed by atoms with Crippen LogP contribution in [0.15, 0.2) is 17.5 Å². The first-order chi connectivity index (χ1) is 9.65. The molecule has 1 aromatic heterocycles. The van der Waals surface area contributed by atoms with Crippen molar-refractivity contribution in [3.8, 4) is 0 Å². The summed E-state index contributed by atoms with van der Waals surface area (Å²) in [5.74, 6) is -1.08. The lowest BCUT2D eigenvalue weighted by molar-refractivity contribution is -0.139. The van der Waals surface area contributed by atoms with E-state index in [0.717, 1.165) is 6.42 Å². The Hall–Kier alpha value is -1.60. The molecule has 0 radical (unpaired) electrons. The molecule has 112 valence electrons. The molecule has 3 N–H and O–H groups in total. The van der Waals surface area contributed by atoms with Crippen LogP contribution >= 0.6 is 11.3 Å². The molecule has 1 heterocycles. The minimum absolute atomic E-state index is 0.451. The number of nitrogens with one attached hydrogen (secondary N) is 2. The van der Waals surface area contributed by atoms with Gasteiger partial charge in [-0.25, -0.2) is 9.59 Å². The molecule has 0 bridgehead atoms. The van der Waals surface area contributed by atoms with Gasteiger partial charge in [0.2, 0.25) is 0 Å². The molecule has 1 atom stereocenters. The number of rotatable bonds is 9. The standard InChI is InChI=1S/C13H20N2O4S/c1-2-7-19-8-4-6-14-13(18)15-11(12(16)17)10-5-3-9-20-10/h3,5,9,11H,2,4,6-8H2,1H3,(H,16,17)(H2,14,15,18). The van der Waals surface area contributed by atoms with E-state index in [2.05, 4.69) is 10.6 Å². The molecule has 0 aliphatic carbocycles. The maximum absolute atomic E-state index is 11.6. The Morgan fingerprint density at radius 1 is 1.45 bits per heavy atom. The number of carbonyl (C=O) groups excluding carboxylic acids is 1. The van der Waals surface area contributed by atoms with Crippen LogP contribution in [0, 0.1) is 0 Å². The highest BCUT2D eigenvalue weighted by atomic mass is 32.1. The lowest BCUT2D eigenvalue weighted by atomic mass is 10.2. The third kappa shape index (κ3) is 6.03. The van der Waals surface area contributed by atoms with Crippen LogP contribution in [-0.4, -0.2) is 36.9 Å². The second-order valence-electron chi connectivity index (χ2n) is 4.15. The number of carboxylic acid groups (broad SMARTS) is 1. The highest BCUT2D eigenvalue weighted by Crippen LogP contribution is 2.18. The molecular weight excluding hydrogens is 280 g/mol. The fourth-order valence-electron chi connectivity index (χ4n) is 1.51. The number of carboxylic acids is 1. The van der Waals surface area contributed by atoms with Gasteiger partial charge in [-0.15, -0.1) is 11.3 Å². The maximum atomic E-state index is 11.6. The molecule has 2 amide bonds. The van der Waals surface area contributed by atoms with E-state index in [-0.39, 0.29) is 0 Å². The van der Waals surface area contributed by atoms with E-state index in [0.29, 0.717) is 31.1 Å². The predicted molar refractivity (Wildman–Crippen MR) is 77.0 cm³/mol. The molecule has 6 nitrogen and oxygen atoms in total. The zero-order chi connectivity index (χ0) is 14.8. The van der Waals surface area contributed by atoms with E-state index < -0.39 is 18.0 Å². The van der Waals surface area contributed by atoms with Gasteiger partial charge in [0.1, 0.15) is 0 Å². The van der Waals surface area contributed by atoms with Crippen LogP contribution in [0.5, 0.6) is 0 Å². The molecular formula is C13H20N2O4S. The van der Waals surface area contributed by atoms with Crippen LogP contribution in [0.4, 0.5) is 4.79 Å². The van der Waals surface area contributed by atoms with Crippen molar-refractivity contribution in [1.82, 2.24) is 10.6 Å². The first-order valence-corrected chi connectivity index (χ1v) is 7.41. The molecule has 0 fully saturated rings. The first-order valence-electron chi connectivity index (χ1n) is 6.53. The van der Waals surface area contributed by atoms with Crippen molar-refractivity contribution in [1.29, 1.82) is 0 Å². The van der Waals surface area contributed by atoms with E-state index in [9.17, 15) is 9.59 Å². The highest BCUT2D eigenvalue weighted by Gasteiger charge is 2.22. The van der Waals surface area contributed by atoms with Gasteiger partial charge in [-0.1, -0.05) is 13.0 Å². The van der Waals surface area contributed by atoms with Gasteiger partial charge >= 0.3 is 12.0 Å². The number of hydrogen-bond acceptors (Lipinski definition) is 4. The number of aliphatic carboxylic acids is 1. The lowest BCUT2D eigenvalue weighted by Crippen LogP contribution is -2.41. The second-order valence-corrected chi connectivity index (χ2v) is 5.13. The number of thiophene rings is 1. The predicted octanol–water partition coefficient (Wildman–Crippen LogP) is 1.99. The van der Waals surface area contributed by atoms with Gasteiger partial charge in [-0.3, -0.25) is 0 Å². The average Bonchev–Trinajstić information content (AvgIpc) is 2.93. The van der Waals surface area contributed by atoms with E-state index in [4.69, 9.17) is 9.84 Å². The van der Waals surface area contributed by atoms with Crippen molar-refractivity contribution < 1.29 is 19.4 Å². The lowest BCUT2D eigenvalue weighted by Gasteiger charge is -2.13. The third-order valence-electron chi connectivity index (χ3n) is 2.45. The van der Waals surface area contributed by atoms with Crippen LogP contribution < -0.4 is 10.6 Å². The van der Waals surface area contributed by atoms with Gasteiger partial charge in [-0.05, 0) is 24.3 Å². The van der Waals surface area contributed by atoms with Gasteiger partial charge in [0.05, 0.1) is 0 Å². The molecule has 1 aromatic rings. The van der Waals surface area contributed by atoms with Crippen molar-refractivity contribution in [3.05, 3.63) is 22.4 Å². The van der Waals surface area contributed by atoms with Gasteiger partial charge in [-0.2, -0.15) is 0 Å². The van der Waals surface area contributed by atoms with Gasteiger partial charge in [0.15, 0.2) is 6.04 Å². The van der Waals surface area contributed by atoms with E-state index >= 15 is 0 Å². The normalized spacial score (nSPS) is 11.8. The molecule has 7 heteroatoms. The molecule has 0 spiro atoms. The zero-order valence-electron chi connectivity index (χ0n) is 11.4. The summed E-state index contributed by atoms with van der Waals surface area (Å²) in [5.41, 5.74) is 0. The Balaban J connectivity index is 2.27. The quantitative estimate of drug-likeness (QED) is 0.609. The Bertz CT molecular complexity index is 409. The summed E-state index contributed by atoms with van der Waals surface area (Å²) in [6.07, 6.45) is 1.67. The van der Waals surface area contributed by atoms with Crippen molar-refractivity contribution in [2.24, 2.45) is 0 Å². The molecule has 1 rings (SSSR count). The van der Waals surface area contributed by atoms with E-state index in [1.165, 1.54) is 11.3 Å². The largest absolute Gasteiger partial charge is 0.479 e. The SMILES string of the molecule is CCCOCCCNC(=O)NC(C(=O)O)c1cccs1. The van der Waals surface area contributed by atoms with Crippen LogP contribution in [0.2, 0.25) is 0 Å². The number of carbonyl (C=O) groups is 2. The average molecular weight is 300 g/mol. The summed E-state index contributed by atoms with van der Waals surface area (Å²) in [6, 6.07) is 1.94. The third-order valence-corrected chi connectivity index (χ3v) is 3.39. The monoisotopic (exact) mass is 300 g/mol. The Labute approximate surface area is 122 Å². The molecule has 0 aliphatic rings. The zero-order valence-corrected chi connectivity index (χ0v) is 12.2. The molecule has 0 aromatic carbocycles. The number of ether oxygens (including phenoxy) is 1. The van der Waals surface area contributed by atoms with Crippen molar-refractivity contribution in [2.45, 2.75) is 25.8 Å². The summed E-state index contributed by atoms with van der Waals surface area (Å²) in [5, 5.41) is 15.9. The molecule has 1 unspecified atom stereocenters. The number of amides is 2. The molecule has 0 saturated heterocycles. The fraction of sp³-hybridized carbons (Fsp3) is 0.538. The summed E-state index contributed by atoms with van der Waals surface area (Å²) < 4.78 is 5.28. The molecule has 0 saturated carbocycles. The van der Waals surface area contributed by atoms with E-state index in [1.807, 2.05) is 6.92 Å². The minimum atomic E-state index is -1.08. The van der Waals surface area contributed by atoms with Crippen molar-refractivity contribution >= 4 is 23.3 Å². The fourth-order valence-corrected chi connectivity index (χ4v) is 2.28. The summed E-state index contributed by atoms with van der Waals surface area (Å²) in [4.78, 5) is 23.3. The van der Waals surface area contributed by atoms with Crippen molar-refractivity contribution in [3.63, 3.8) is 0 Å². The number of hydrogen-bond donors (Lipinski definition) is 3. The highest BCUT2D eigenvalue weighted by molar-refractivity contribution is 7.10. The molecule has 0 aliphatic heterocycles. The van der Waals surface area contributed by atoms with Crippen molar-refractivity contribution in [2.75, 3.05) is 19.8 Å². The van der Waals surface area contributed by atoms with Crippen LogP contribution in [0.1, 0.15) is 30.7 Å². The number of urea groups is 1. The van der Waals surface area contributed by atoms with Gasteiger partial charge in [0, 0.05) is 24.6 Å². The summed E-state index contributed by atoms with van der Waals surface area (Å²) in [7, 11) is 0. The van der Waals surface area contributed by atoms with Crippen LogP contribution in [0.3, 0.4) is 0 Å². The maximum Gasteiger partial charge on any atom is 0.331 e. The minimum Gasteiger partial charge on any atom is -0.479 e. The van der Waals surface area contributed by atoms with Gasteiger partial charge in [0.25, 0.3) is 0 Å². The molecule has 20 heavy (non-hydrogen) atoms. The van der Waals surface area contributed by atoms with Crippen LogP contribution in [0.25, 0.3) is 0 Å². The Morgan fingerprint density at radius 3 is 2.85 bits per heavy atom. The summed E-state index contributed by atoms with van der Waals surface area (Å²) >= 11 is 1.30. The van der Waals surface area contributed by atoms with E-state index in [1.54, 1.807) is 17.5 Å². The van der Waals surface area contributed by atoms with Gasteiger partial charge < -0.3 is 20.5 Å². The smallest absolute Gasteiger partial charge is 0.331 e. The summed E-state index contributed by atoms with van der Waals surface area (Å²) in [6.45, 7) is 3.78. The first kappa shape index (κ1) is 16.5. The Kier molecular flexibility index (Phi) is 7.67.